The van der Waals surface area contributed by atoms with Crippen LogP contribution in [-0.2, 0) is 19.2 Å². The van der Waals surface area contributed by atoms with Gasteiger partial charge in [-0.25, -0.2) is 0 Å². The average Bonchev–Trinajstić information content (AvgIpc) is 3.37. The maximum atomic E-state index is 11.9. The van der Waals surface area contributed by atoms with Crippen LogP contribution in [0.25, 0.3) is 0 Å². The number of piperidine rings is 2. The van der Waals surface area contributed by atoms with E-state index in [1.54, 1.807) is 0 Å². The first-order valence-corrected chi connectivity index (χ1v) is 10.7. The van der Waals surface area contributed by atoms with Crippen molar-refractivity contribution in [3.63, 3.8) is 0 Å². The molecular formula is C20H32N4O4. The van der Waals surface area contributed by atoms with Crippen molar-refractivity contribution < 1.29 is 19.2 Å². The first-order valence-electron chi connectivity index (χ1n) is 10.7. The Hall–Kier alpha value is -2.12. The molecule has 4 heterocycles. The fourth-order valence-corrected chi connectivity index (χ4v) is 4.27. The summed E-state index contributed by atoms with van der Waals surface area (Å²) in [7, 11) is 0. The summed E-state index contributed by atoms with van der Waals surface area (Å²) in [5.74, 6) is 0.270. The lowest BCUT2D eigenvalue weighted by atomic mass is 10.1. The van der Waals surface area contributed by atoms with Crippen LogP contribution in [-0.4, -0.2) is 71.7 Å². The standard InChI is InChI=1S/2C10H16N2O2/c2*13-9-5-4-8(11-9)10(14)12-6-2-1-3-7-12/h2*8H,1-7H2,(H,11,13)/t2*8-/m11/s1. The highest BCUT2D eigenvalue weighted by Gasteiger charge is 2.32. The summed E-state index contributed by atoms with van der Waals surface area (Å²) in [4.78, 5) is 49.4. The largest absolute Gasteiger partial charge is 0.344 e. The minimum Gasteiger partial charge on any atom is -0.344 e. The molecule has 0 aromatic heterocycles. The van der Waals surface area contributed by atoms with Crippen LogP contribution >= 0.6 is 0 Å². The molecular weight excluding hydrogens is 360 g/mol. The lowest BCUT2D eigenvalue weighted by Crippen LogP contribution is -2.46. The molecule has 0 bridgehead atoms. The molecule has 4 saturated heterocycles. The van der Waals surface area contributed by atoms with Gasteiger partial charge in [-0.2, -0.15) is 0 Å². The second-order valence-corrected chi connectivity index (χ2v) is 8.09. The van der Waals surface area contributed by atoms with Crippen molar-refractivity contribution in [1.29, 1.82) is 0 Å². The highest BCUT2D eigenvalue weighted by molar-refractivity contribution is 5.91. The first kappa shape index (κ1) is 20.6. The molecule has 2 atom stereocenters. The predicted octanol–water partition coefficient (Wildman–Crippen LogP) is 0.555. The van der Waals surface area contributed by atoms with Crippen molar-refractivity contribution in [1.82, 2.24) is 20.4 Å². The average molecular weight is 393 g/mol. The summed E-state index contributed by atoms with van der Waals surface area (Å²) < 4.78 is 0. The highest BCUT2D eigenvalue weighted by atomic mass is 16.2. The van der Waals surface area contributed by atoms with E-state index in [1.165, 1.54) is 12.8 Å². The van der Waals surface area contributed by atoms with Gasteiger partial charge in [-0.1, -0.05) is 0 Å². The normalized spacial score (nSPS) is 27.6. The summed E-state index contributed by atoms with van der Waals surface area (Å²) >= 11 is 0. The summed E-state index contributed by atoms with van der Waals surface area (Å²) in [6.45, 7) is 3.47. The fourth-order valence-electron chi connectivity index (χ4n) is 4.27. The van der Waals surface area contributed by atoms with E-state index in [0.717, 1.165) is 51.9 Å². The molecule has 0 aliphatic carbocycles. The van der Waals surface area contributed by atoms with Gasteiger partial charge in [0.2, 0.25) is 23.6 Å². The minimum atomic E-state index is -0.236. The van der Waals surface area contributed by atoms with Crippen molar-refractivity contribution in [2.45, 2.75) is 76.3 Å². The molecule has 0 radical (unpaired) electrons. The molecule has 4 aliphatic rings. The molecule has 4 rings (SSSR count). The topological polar surface area (TPSA) is 98.8 Å². The SMILES string of the molecule is O=C1CC[C@H](C(=O)N2CCCCC2)N1.O=C1CC[C@H](C(=O)N2CCCCC2)N1. The van der Waals surface area contributed by atoms with Gasteiger partial charge >= 0.3 is 0 Å². The van der Waals surface area contributed by atoms with Crippen LogP contribution in [0.5, 0.6) is 0 Å². The van der Waals surface area contributed by atoms with Crippen LogP contribution in [0.4, 0.5) is 0 Å². The zero-order valence-electron chi connectivity index (χ0n) is 16.6. The third-order valence-corrected chi connectivity index (χ3v) is 5.92. The quantitative estimate of drug-likeness (QED) is 0.717. The van der Waals surface area contributed by atoms with E-state index in [2.05, 4.69) is 10.6 Å². The molecule has 8 heteroatoms. The van der Waals surface area contributed by atoms with Crippen LogP contribution in [0.15, 0.2) is 0 Å². The maximum absolute atomic E-state index is 11.9. The van der Waals surface area contributed by atoms with Crippen molar-refractivity contribution >= 4 is 23.6 Å². The van der Waals surface area contributed by atoms with E-state index < -0.39 is 0 Å². The Kier molecular flexibility index (Phi) is 7.28. The van der Waals surface area contributed by atoms with Crippen molar-refractivity contribution in [2.24, 2.45) is 0 Å². The Bertz CT molecular complexity index is 545. The molecule has 4 aliphatic heterocycles. The van der Waals surface area contributed by atoms with Gasteiger partial charge in [0.1, 0.15) is 12.1 Å². The molecule has 4 amide bonds. The predicted molar refractivity (Wildman–Crippen MR) is 103 cm³/mol. The third kappa shape index (κ3) is 5.45. The van der Waals surface area contributed by atoms with E-state index in [1.807, 2.05) is 9.80 Å². The summed E-state index contributed by atoms with van der Waals surface area (Å²) in [5, 5.41) is 5.44. The first-order chi connectivity index (χ1) is 13.5. The molecule has 4 fully saturated rings. The van der Waals surface area contributed by atoms with Crippen molar-refractivity contribution in [3.05, 3.63) is 0 Å². The lowest BCUT2D eigenvalue weighted by Gasteiger charge is -2.28. The number of carbonyl (C=O) groups excluding carboxylic acids is 4. The Balaban J connectivity index is 0.000000161. The summed E-state index contributed by atoms with van der Waals surface area (Å²) in [6.07, 6.45) is 9.22. The number of likely N-dealkylation sites (tertiary alicyclic amines) is 2. The van der Waals surface area contributed by atoms with E-state index in [9.17, 15) is 19.2 Å². The molecule has 0 spiro atoms. The van der Waals surface area contributed by atoms with Gasteiger partial charge < -0.3 is 20.4 Å². The van der Waals surface area contributed by atoms with E-state index in [4.69, 9.17) is 0 Å². The molecule has 0 aromatic rings. The second kappa shape index (κ2) is 9.89. The molecule has 0 saturated carbocycles. The molecule has 28 heavy (non-hydrogen) atoms. The van der Waals surface area contributed by atoms with Gasteiger partial charge in [0, 0.05) is 39.0 Å². The van der Waals surface area contributed by atoms with Gasteiger partial charge in [-0.3, -0.25) is 19.2 Å². The minimum absolute atomic E-state index is 0.0142. The van der Waals surface area contributed by atoms with E-state index >= 15 is 0 Å². The maximum Gasteiger partial charge on any atom is 0.245 e. The van der Waals surface area contributed by atoms with Gasteiger partial charge in [-0.15, -0.1) is 0 Å². The van der Waals surface area contributed by atoms with Crippen LogP contribution in [0, 0.1) is 0 Å². The Morgan fingerprint density at radius 3 is 1.29 bits per heavy atom. The van der Waals surface area contributed by atoms with Gasteiger partial charge in [-0.05, 0) is 51.4 Å². The molecule has 2 N–H and O–H groups in total. The van der Waals surface area contributed by atoms with Crippen LogP contribution in [0.1, 0.15) is 64.2 Å². The monoisotopic (exact) mass is 392 g/mol. The Morgan fingerprint density at radius 2 is 1.00 bits per heavy atom. The van der Waals surface area contributed by atoms with Gasteiger partial charge in [0.05, 0.1) is 0 Å². The zero-order chi connectivity index (χ0) is 19.9. The smallest absolute Gasteiger partial charge is 0.245 e. The highest BCUT2D eigenvalue weighted by Crippen LogP contribution is 2.15. The third-order valence-electron chi connectivity index (χ3n) is 5.92. The zero-order valence-corrected chi connectivity index (χ0v) is 16.6. The second-order valence-electron chi connectivity index (χ2n) is 8.09. The molecule has 156 valence electrons. The number of nitrogens with zero attached hydrogens (tertiary/aromatic N) is 2. The van der Waals surface area contributed by atoms with E-state index in [0.29, 0.717) is 25.7 Å². The van der Waals surface area contributed by atoms with Crippen LogP contribution in [0.3, 0.4) is 0 Å². The van der Waals surface area contributed by atoms with Crippen LogP contribution < -0.4 is 10.6 Å². The molecule has 0 aromatic carbocycles. The van der Waals surface area contributed by atoms with Crippen molar-refractivity contribution in [3.8, 4) is 0 Å². The van der Waals surface area contributed by atoms with Crippen molar-refractivity contribution in [2.75, 3.05) is 26.2 Å². The molecule has 0 unspecified atom stereocenters. The number of hydrogen-bond donors (Lipinski definition) is 2. The number of carbonyl (C=O) groups is 4. The fraction of sp³-hybridized carbons (Fsp3) is 0.800. The van der Waals surface area contributed by atoms with Gasteiger partial charge in [0.25, 0.3) is 0 Å². The number of nitrogens with one attached hydrogen (secondary N) is 2. The van der Waals surface area contributed by atoms with Crippen LogP contribution in [0.2, 0.25) is 0 Å². The summed E-state index contributed by atoms with van der Waals surface area (Å²) in [6, 6.07) is -0.471. The van der Waals surface area contributed by atoms with E-state index in [-0.39, 0.29) is 35.7 Å². The Morgan fingerprint density at radius 1 is 0.643 bits per heavy atom. The number of hydrogen-bond acceptors (Lipinski definition) is 4. The summed E-state index contributed by atoms with van der Waals surface area (Å²) in [5.41, 5.74) is 0. The van der Waals surface area contributed by atoms with Gasteiger partial charge in [0.15, 0.2) is 0 Å². The number of rotatable bonds is 2. The lowest BCUT2D eigenvalue weighted by molar-refractivity contribution is -0.135. The number of amides is 4. The Labute approximate surface area is 166 Å². The molecule has 8 nitrogen and oxygen atoms in total.